The van der Waals surface area contributed by atoms with Crippen LogP contribution in [0.5, 0.6) is 23.0 Å². The quantitative estimate of drug-likeness (QED) is 0.123. The maximum atomic E-state index is 12.2. The number of hydrogen-bond donors (Lipinski definition) is 0. The van der Waals surface area contributed by atoms with Gasteiger partial charge in [0.1, 0.15) is 23.0 Å². The summed E-state index contributed by atoms with van der Waals surface area (Å²) in [5, 5.41) is 0. The van der Waals surface area contributed by atoms with E-state index in [0.29, 0.717) is 23.0 Å². The molecule has 0 unspecified atom stereocenters. The van der Waals surface area contributed by atoms with E-state index in [1.807, 2.05) is 76.2 Å². The van der Waals surface area contributed by atoms with Gasteiger partial charge >= 0.3 is 23.9 Å². The Bertz CT molecular complexity index is 1740. The minimum absolute atomic E-state index is 0.399. The molecule has 49 heavy (non-hydrogen) atoms. The summed E-state index contributed by atoms with van der Waals surface area (Å²) in [6.07, 6.45) is 0. The largest absolute Gasteiger partial charge is 0.427 e. The number of carbonyl (C=O) groups is 4. The third-order valence-corrected chi connectivity index (χ3v) is 8.93. The lowest BCUT2D eigenvalue weighted by molar-refractivity contribution is -0.132. The number of rotatable bonds is 10. The first-order valence-electron chi connectivity index (χ1n) is 16.1. The predicted molar refractivity (Wildman–Crippen MR) is 187 cm³/mol. The summed E-state index contributed by atoms with van der Waals surface area (Å²) >= 11 is 0. The van der Waals surface area contributed by atoms with Crippen LogP contribution >= 0.6 is 0 Å². The van der Waals surface area contributed by atoms with Crippen molar-refractivity contribution in [3.05, 3.63) is 118 Å². The van der Waals surface area contributed by atoms with Crippen molar-refractivity contribution in [3.8, 4) is 23.0 Å². The van der Waals surface area contributed by atoms with E-state index in [4.69, 9.17) is 18.9 Å². The molecule has 0 aromatic heterocycles. The molecule has 0 spiro atoms. The number of carbonyl (C=O) groups excluding carboxylic acids is 4. The molecule has 0 amide bonds. The highest BCUT2D eigenvalue weighted by atomic mass is 16.5. The number of benzene rings is 4. The molecule has 0 N–H and O–H groups in total. The lowest BCUT2D eigenvalue weighted by atomic mass is 9.71. The molecule has 0 heterocycles. The summed E-state index contributed by atoms with van der Waals surface area (Å²) in [5.41, 5.74) is 3.62. The van der Waals surface area contributed by atoms with E-state index in [0.717, 1.165) is 33.4 Å². The van der Waals surface area contributed by atoms with Crippen LogP contribution in [0.15, 0.2) is 84.9 Å². The first-order valence-corrected chi connectivity index (χ1v) is 16.1. The van der Waals surface area contributed by atoms with Crippen LogP contribution in [-0.4, -0.2) is 23.9 Å². The molecule has 4 rings (SSSR count). The monoisotopic (exact) mass is 664 g/mol. The van der Waals surface area contributed by atoms with Crippen LogP contribution in [0.25, 0.3) is 0 Å². The molecule has 0 atom stereocenters. The fraction of sp³-hybridized carbons (Fsp3) is 0.317. The molecule has 0 aliphatic rings. The van der Waals surface area contributed by atoms with Crippen LogP contribution in [0.4, 0.5) is 0 Å². The van der Waals surface area contributed by atoms with E-state index >= 15 is 0 Å². The molecule has 8 nitrogen and oxygen atoms in total. The molecule has 0 radical (unpaired) electrons. The topological polar surface area (TPSA) is 105 Å². The van der Waals surface area contributed by atoms with Gasteiger partial charge in [-0.05, 0) is 58.7 Å². The summed E-state index contributed by atoms with van der Waals surface area (Å²) in [5.74, 6) is 0.131. The molecule has 8 heteroatoms. The zero-order valence-corrected chi connectivity index (χ0v) is 29.8. The van der Waals surface area contributed by atoms with Gasteiger partial charge in [-0.25, -0.2) is 0 Å². The highest BCUT2D eigenvalue weighted by Gasteiger charge is 2.34. The lowest BCUT2D eigenvalue weighted by Gasteiger charge is -2.34. The SMILES string of the molecule is CC(=O)Oc1ccc(C(C)(C)c2cc(C(C)(C)c3ccc(OC(C)=O)c(C(C)(C)c4ccc(OC(C)=O)cc4)c3)ccc2OC(C)=O)cc1. The number of esters is 4. The Labute approximate surface area is 288 Å². The van der Waals surface area contributed by atoms with Gasteiger partial charge in [0, 0.05) is 55.1 Å². The van der Waals surface area contributed by atoms with Crippen LogP contribution in [0.2, 0.25) is 0 Å². The summed E-state index contributed by atoms with van der Waals surface area (Å²) in [6, 6.07) is 26.3. The van der Waals surface area contributed by atoms with Gasteiger partial charge in [0.25, 0.3) is 0 Å². The maximum Gasteiger partial charge on any atom is 0.308 e. The Morgan fingerprint density at radius 2 is 0.673 bits per heavy atom. The smallest absolute Gasteiger partial charge is 0.308 e. The standard InChI is InChI=1S/C41H44O8/c1-25(42)46-33-17-11-29(12-18-33)40(7,8)35-23-31(15-21-37(35)48-27(3)44)39(5,6)32-16-22-38(49-28(4)45)36(24-32)41(9,10)30-13-19-34(20-14-30)47-26(2)43/h11-24H,1-10H3. The predicted octanol–water partition coefficient (Wildman–Crippen LogP) is 8.37. The molecular weight excluding hydrogens is 620 g/mol. The Balaban J connectivity index is 1.83. The van der Waals surface area contributed by atoms with Crippen molar-refractivity contribution in [1.29, 1.82) is 0 Å². The molecule has 4 aromatic carbocycles. The third-order valence-electron chi connectivity index (χ3n) is 8.93. The van der Waals surface area contributed by atoms with Crippen LogP contribution in [-0.2, 0) is 35.4 Å². The van der Waals surface area contributed by atoms with E-state index in [1.54, 1.807) is 24.3 Å². The fourth-order valence-corrected chi connectivity index (χ4v) is 5.99. The summed E-state index contributed by atoms with van der Waals surface area (Å²) < 4.78 is 21.9. The molecule has 0 bridgehead atoms. The molecule has 0 aliphatic heterocycles. The summed E-state index contributed by atoms with van der Waals surface area (Å²) in [4.78, 5) is 47.3. The third kappa shape index (κ3) is 8.26. The number of ether oxygens (including phenoxy) is 4. The molecular formula is C41H44O8. The van der Waals surface area contributed by atoms with E-state index in [-0.39, 0.29) is 0 Å². The van der Waals surface area contributed by atoms with Gasteiger partial charge in [-0.2, -0.15) is 0 Å². The van der Waals surface area contributed by atoms with Crippen molar-refractivity contribution >= 4 is 23.9 Å². The first-order chi connectivity index (χ1) is 22.8. The Morgan fingerprint density at radius 3 is 0.959 bits per heavy atom. The van der Waals surface area contributed by atoms with Gasteiger partial charge in [0.05, 0.1) is 0 Å². The Hall–Kier alpha value is -5.24. The van der Waals surface area contributed by atoms with Crippen molar-refractivity contribution in [2.45, 2.75) is 85.5 Å². The molecule has 0 saturated carbocycles. The molecule has 0 saturated heterocycles. The second kappa shape index (κ2) is 14.1. The highest BCUT2D eigenvalue weighted by Crippen LogP contribution is 2.44. The van der Waals surface area contributed by atoms with E-state index in [2.05, 4.69) is 26.0 Å². The van der Waals surface area contributed by atoms with Crippen LogP contribution in [0.3, 0.4) is 0 Å². The Kier molecular flexibility index (Phi) is 10.5. The second-order valence-corrected chi connectivity index (χ2v) is 13.7. The minimum Gasteiger partial charge on any atom is -0.427 e. The van der Waals surface area contributed by atoms with E-state index < -0.39 is 40.1 Å². The van der Waals surface area contributed by atoms with Crippen LogP contribution < -0.4 is 18.9 Å². The lowest BCUT2D eigenvalue weighted by Crippen LogP contribution is -2.26. The van der Waals surface area contributed by atoms with Crippen LogP contribution in [0, 0.1) is 0 Å². The molecule has 0 fully saturated rings. The van der Waals surface area contributed by atoms with E-state index in [1.165, 1.54) is 27.7 Å². The average molecular weight is 665 g/mol. The fourth-order valence-electron chi connectivity index (χ4n) is 5.99. The van der Waals surface area contributed by atoms with Gasteiger partial charge in [-0.15, -0.1) is 0 Å². The normalized spacial score (nSPS) is 11.8. The molecule has 0 aliphatic carbocycles. The van der Waals surface area contributed by atoms with Crippen molar-refractivity contribution in [2.75, 3.05) is 0 Å². The van der Waals surface area contributed by atoms with Gasteiger partial charge < -0.3 is 18.9 Å². The average Bonchev–Trinajstić information content (AvgIpc) is 3.00. The number of hydrogen-bond acceptors (Lipinski definition) is 8. The van der Waals surface area contributed by atoms with Crippen LogP contribution in [0.1, 0.15) is 103 Å². The molecule has 4 aromatic rings. The van der Waals surface area contributed by atoms with Gasteiger partial charge in [-0.3, -0.25) is 19.2 Å². The first kappa shape index (κ1) is 36.6. The molecule has 256 valence electrons. The maximum absolute atomic E-state index is 12.2. The van der Waals surface area contributed by atoms with E-state index in [9.17, 15) is 19.2 Å². The van der Waals surface area contributed by atoms with Gasteiger partial charge in [-0.1, -0.05) is 90.1 Å². The summed E-state index contributed by atoms with van der Waals surface area (Å²) in [7, 11) is 0. The summed E-state index contributed by atoms with van der Waals surface area (Å²) in [6.45, 7) is 17.9. The Morgan fingerprint density at radius 1 is 0.388 bits per heavy atom. The zero-order chi connectivity index (χ0) is 36.3. The van der Waals surface area contributed by atoms with Crippen molar-refractivity contribution in [1.82, 2.24) is 0 Å². The van der Waals surface area contributed by atoms with Gasteiger partial charge in [0.2, 0.25) is 0 Å². The van der Waals surface area contributed by atoms with Gasteiger partial charge in [0.15, 0.2) is 0 Å². The van der Waals surface area contributed by atoms with Crippen molar-refractivity contribution in [2.24, 2.45) is 0 Å². The second-order valence-electron chi connectivity index (χ2n) is 13.7. The van der Waals surface area contributed by atoms with Crippen molar-refractivity contribution < 1.29 is 38.1 Å². The zero-order valence-electron chi connectivity index (χ0n) is 29.8. The van der Waals surface area contributed by atoms with Crippen molar-refractivity contribution in [3.63, 3.8) is 0 Å². The minimum atomic E-state index is -0.615. The highest BCUT2D eigenvalue weighted by molar-refractivity contribution is 5.72.